The number of benzene rings is 5. The van der Waals surface area contributed by atoms with Crippen molar-refractivity contribution in [3.05, 3.63) is 162 Å². The van der Waals surface area contributed by atoms with E-state index < -0.39 is 0 Å². The highest BCUT2D eigenvalue weighted by Crippen LogP contribution is 2.35. The molecule has 0 N–H and O–H groups in total. The molecule has 3 aromatic heterocycles. The number of halogens is 1. The van der Waals surface area contributed by atoms with Gasteiger partial charge in [0.25, 0.3) is 0 Å². The number of nitrogens with zero attached hydrogens (tertiary/aromatic N) is 4. The molecule has 0 aliphatic heterocycles. The molecule has 0 spiro atoms. The van der Waals surface area contributed by atoms with Crippen molar-refractivity contribution in [2.45, 2.75) is 12.8 Å². The first-order valence-corrected chi connectivity index (χ1v) is 16.6. The average Bonchev–Trinajstić information content (AvgIpc) is 3.49. The number of para-hydroxylation sites is 1. The molecule has 228 valence electrons. The van der Waals surface area contributed by atoms with Crippen molar-refractivity contribution >= 4 is 39.5 Å². The molecular weight excluding hydrogens is 608 g/mol. The van der Waals surface area contributed by atoms with Crippen molar-refractivity contribution < 1.29 is 0 Å². The number of pyridine rings is 1. The summed E-state index contributed by atoms with van der Waals surface area (Å²) in [7, 11) is 0. The number of aromatic nitrogens is 4. The van der Waals surface area contributed by atoms with Gasteiger partial charge in [-0.3, -0.25) is 0 Å². The summed E-state index contributed by atoms with van der Waals surface area (Å²) in [5.41, 5.74) is 12.9. The third-order valence-corrected chi connectivity index (χ3v) is 9.40. The van der Waals surface area contributed by atoms with E-state index >= 15 is 0 Å². The quantitative estimate of drug-likeness (QED) is 0.177. The van der Waals surface area contributed by atoms with Gasteiger partial charge in [0.15, 0.2) is 5.82 Å². The summed E-state index contributed by atoms with van der Waals surface area (Å²) in [6.45, 7) is 0. The van der Waals surface area contributed by atoms with Crippen molar-refractivity contribution in [2.24, 2.45) is 0 Å². The molecule has 0 bridgehead atoms. The summed E-state index contributed by atoms with van der Waals surface area (Å²) in [5.74, 6) is 0.692. The molecule has 0 unspecified atom stereocenters. The molecule has 3 heterocycles. The molecule has 4 nitrogen and oxygen atoms in total. The van der Waals surface area contributed by atoms with Crippen LogP contribution >= 0.6 is 11.6 Å². The Morgan fingerprint density at radius 3 is 2.15 bits per heavy atom. The maximum Gasteiger partial charge on any atom is 0.160 e. The molecule has 0 fully saturated rings. The molecule has 0 radical (unpaired) electrons. The minimum absolute atomic E-state index is 0.487. The lowest BCUT2D eigenvalue weighted by Gasteiger charge is -2.13. The van der Waals surface area contributed by atoms with Gasteiger partial charge in [-0.25, -0.2) is 15.0 Å². The molecule has 0 saturated heterocycles. The van der Waals surface area contributed by atoms with Gasteiger partial charge in [0.2, 0.25) is 0 Å². The molecule has 5 aromatic carbocycles. The average molecular weight is 637 g/mol. The van der Waals surface area contributed by atoms with Crippen LogP contribution in [0.4, 0.5) is 0 Å². The number of hydrogen-bond donors (Lipinski definition) is 0. The zero-order chi connectivity index (χ0) is 32.0. The summed E-state index contributed by atoms with van der Waals surface area (Å²) in [5, 5.41) is 2.88. The summed E-state index contributed by atoms with van der Waals surface area (Å²) in [6.07, 6.45) is 6.70. The van der Waals surface area contributed by atoms with E-state index in [1.165, 1.54) is 22.2 Å². The normalized spacial score (nSPS) is 12.4. The fraction of sp³-hybridized carbons (Fsp3) is 0.0465. The number of rotatable bonds is 5. The van der Waals surface area contributed by atoms with Crippen molar-refractivity contribution in [3.8, 4) is 50.7 Å². The molecule has 0 amide bonds. The van der Waals surface area contributed by atoms with Crippen LogP contribution in [0.15, 0.2) is 146 Å². The molecule has 5 heteroatoms. The number of fused-ring (bicyclic) bond motifs is 4. The number of aryl methyl sites for hydroxylation is 1. The van der Waals surface area contributed by atoms with E-state index in [-0.39, 0.29) is 0 Å². The Bertz CT molecular complexity index is 2510. The van der Waals surface area contributed by atoms with Gasteiger partial charge in [0, 0.05) is 38.8 Å². The van der Waals surface area contributed by atoms with Crippen molar-refractivity contribution in [2.75, 3.05) is 0 Å². The molecule has 1 aliphatic rings. The Morgan fingerprint density at radius 1 is 0.562 bits per heavy atom. The summed E-state index contributed by atoms with van der Waals surface area (Å²) < 4.78 is 2.38. The van der Waals surface area contributed by atoms with E-state index in [1.807, 2.05) is 30.3 Å². The van der Waals surface area contributed by atoms with Gasteiger partial charge in [0.1, 0.15) is 5.15 Å². The monoisotopic (exact) mass is 636 g/mol. The molecule has 1 aliphatic carbocycles. The SMILES string of the molecule is Clc1ccc2ccc(-c3cccc(-c4cc(-c5ccc(-n6c7c(c8ccccc86)CCC=C7)cc5)nc(-c5ccccc5)n4)c3)cc2n1. The second-order valence-corrected chi connectivity index (χ2v) is 12.5. The fourth-order valence-electron chi connectivity index (χ4n) is 6.84. The van der Waals surface area contributed by atoms with Crippen molar-refractivity contribution in [1.82, 2.24) is 19.5 Å². The van der Waals surface area contributed by atoms with Crippen LogP contribution in [0.2, 0.25) is 5.15 Å². The van der Waals surface area contributed by atoms with Gasteiger partial charge < -0.3 is 4.57 Å². The van der Waals surface area contributed by atoms with Gasteiger partial charge in [0.05, 0.1) is 22.4 Å². The van der Waals surface area contributed by atoms with Gasteiger partial charge in [-0.1, -0.05) is 109 Å². The predicted octanol–water partition coefficient (Wildman–Crippen LogP) is 11.2. The zero-order valence-electron chi connectivity index (χ0n) is 26.0. The highest BCUT2D eigenvalue weighted by atomic mass is 35.5. The van der Waals surface area contributed by atoms with Crippen LogP contribution in [-0.2, 0) is 6.42 Å². The van der Waals surface area contributed by atoms with Crippen LogP contribution in [0.3, 0.4) is 0 Å². The maximum absolute atomic E-state index is 6.21. The lowest BCUT2D eigenvalue weighted by Crippen LogP contribution is -2.00. The first kappa shape index (κ1) is 28.4. The van der Waals surface area contributed by atoms with Gasteiger partial charge >= 0.3 is 0 Å². The first-order valence-electron chi connectivity index (χ1n) is 16.2. The molecule has 0 saturated carbocycles. The van der Waals surface area contributed by atoms with Crippen LogP contribution in [0.1, 0.15) is 17.7 Å². The van der Waals surface area contributed by atoms with Crippen LogP contribution in [0, 0.1) is 0 Å². The van der Waals surface area contributed by atoms with Crippen molar-refractivity contribution in [1.29, 1.82) is 0 Å². The van der Waals surface area contributed by atoms with Crippen molar-refractivity contribution in [3.63, 3.8) is 0 Å². The second kappa shape index (κ2) is 11.8. The molecule has 0 atom stereocenters. The largest absolute Gasteiger partial charge is 0.310 e. The molecule has 9 rings (SSSR count). The highest BCUT2D eigenvalue weighted by Gasteiger charge is 2.18. The fourth-order valence-corrected chi connectivity index (χ4v) is 6.99. The smallest absolute Gasteiger partial charge is 0.160 e. The lowest BCUT2D eigenvalue weighted by molar-refractivity contribution is 0.967. The summed E-state index contributed by atoms with van der Waals surface area (Å²) in [4.78, 5) is 14.7. The lowest BCUT2D eigenvalue weighted by atomic mass is 9.99. The minimum atomic E-state index is 0.487. The molecule has 48 heavy (non-hydrogen) atoms. The Labute approximate surface area is 283 Å². The first-order chi connectivity index (χ1) is 23.7. The van der Waals surface area contributed by atoms with Crippen LogP contribution in [-0.4, -0.2) is 19.5 Å². The Kier molecular flexibility index (Phi) is 6.95. The Hall–Kier alpha value is -5.84. The summed E-state index contributed by atoms with van der Waals surface area (Å²) >= 11 is 6.21. The van der Waals surface area contributed by atoms with Gasteiger partial charge in [-0.2, -0.15) is 0 Å². The third kappa shape index (κ3) is 5.07. The van der Waals surface area contributed by atoms with Gasteiger partial charge in [-0.15, -0.1) is 0 Å². The maximum atomic E-state index is 6.21. The number of allylic oxidation sites excluding steroid dienone is 1. The predicted molar refractivity (Wildman–Crippen MR) is 198 cm³/mol. The summed E-state index contributed by atoms with van der Waals surface area (Å²) in [6, 6.07) is 48.4. The van der Waals surface area contributed by atoms with E-state index in [4.69, 9.17) is 21.6 Å². The molecular formula is C43H29ClN4. The topological polar surface area (TPSA) is 43.6 Å². The van der Waals surface area contributed by atoms with Gasteiger partial charge in [-0.05, 0) is 84.1 Å². The minimum Gasteiger partial charge on any atom is -0.310 e. The Balaban J connectivity index is 1.14. The van der Waals surface area contributed by atoms with Crippen LogP contribution < -0.4 is 0 Å². The Morgan fingerprint density at radius 2 is 1.27 bits per heavy atom. The second-order valence-electron chi connectivity index (χ2n) is 12.2. The van der Waals surface area contributed by atoms with E-state index in [9.17, 15) is 0 Å². The third-order valence-electron chi connectivity index (χ3n) is 9.19. The standard InChI is InChI=1S/C43H29ClN4/c44-42-24-21-28-17-18-32(26-37(28)45-42)31-11-8-12-33(25-31)39-27-38(46-43(47-39)30-9-2-1-3-10-30)29-19-22-34(23-20-29)48-40-15-6-4-13-35(40)36-14-5-7-16-41(36)48/h1-4,6-13,15-27H,5,14H2. The number of hydrogen-bond acceptors (Lipinski definition) is 3. The zero-order valence-corrected chi connectivity index (χ0v) is 26.8. The van der Waals surface area contributed by atoms with Crippen LogP contribution in [0.5, 0.6) is 0 Å². The van der Waals surface area contributed by atoms with E-state index in [1.54, 1.807) is 0 Å². The highest BCUT2D eigenvalue weighted by molar-refractivity contribution is 6.29. The van der Waals surface area contributed by atoms with E-state index in [0.717, 1.165) is 68.6 Å². The van der Waals surface area contributed by atoms with E-state index in [0.29, 0.717) is 11.0 Å². The molecule has 8 aromatic rings. The van der Waals surface area contributed by atoms with Crippen LogP contribution in [0.25, 0.3) is 78.6 Å². The van der Waals surface area contributed by atoms with E-state index in [2.05, 4.69) is 131 Å².